The molecular weight excluding hydrogens is 378 g/mol. The fourth-order valence-corrected chi connectivity index (χ4v) is 3.73. The average molecular weight is 404 g/mol. The van der Waals surface area contributed by atoms with E-state index in [-0.39, 0.29) is 16.8 Å². The quantitative estimate of drug-likeness (QED) is 0.630. The Bertz CT molecular complexity index is 940. The molecule has 0 heterocycles. The van der Waals surface area contributed by atoms with Crippen LogP contribution in [0.4, 0.5) is 5.69 Å². The lowest BCUT2D eigenvalue weighted by Crippen LogP contribution is -2.32. The summed E-state index contributed by atoms with van der Waals surface area (Å²) in [6.07, 6.45) is 0.676. The van der Waals surface area contributed by atoms with Crippen molar-refractivity contribution < 1.29 is 18.0 Å². The van der Waals surface area contributed by atoms with Crippen LogP contribution < -0.4 is 15.4 Å². The summed E-state index contributed by atoms with van der Waals surface area (Å²) in [4.78, 5) is 24.4. The molecule has 2 rings (SSSR count). The standard InChI is InChI=1S/C20H25N3O4S/c1-4-14(3)23-28(26,27)18-11-9-15(10-12-18)20(25)22-17-8-6-7-16(13-17)19(24)21-5-2/h6-14,23H,4-5H2,1-3H3,(H,21,24)(H,22,25). The van der Waals surface area contributed by atoms with Gasteiger partial charge in [0.05, 0.1) is 4.90 Å². The summed E-state index contributed by atoms with van der Waals surface area (Å²) in [6.45, 7) is 6.01. The normalized spacial score (nSPS) is 12.2. The van der Waals surface area contributed by atoms with E-state index in [0.717, 1.165) is 0 Å². The molecule has 0 saturated carbocycles. The highest BCUT2D eigenvalue weighted by Gasteiger charge is 2.17. The van der Waals surface area contributed by atoms with Gasteiger partial charge in [-0.3, -0.25) is 9.59 Å². The second kappa shape index (κ2) is 9.48. The monoisotopic (exact) mass is 403 g/mol. The molecular formula is C20H25N3O4S. The Morgan fingerprint density at radius 1 is 0.964 bits per heavy atom. The van der Waals surface area contributed by atoms with Crippen LogP contribution >= 0.6 is 0 Å². The summed E-state index contributed by atoms with van der Waals surface area (Å²) in [7, 11) is -3.62. The Balaban J connectivity index is 2.12. The molecule has 2 amide bonds. The molecule has 2 aromatic carbocycles. The molecule has 150 valence electrons. The maximum Gasteiger partial charge on any atom is 0.255 e. The fourth-order valence-electron chi connectivity index (χ4n) is 2.41. The fraction of sp³-hybridized carbons (Fsp3) is 0.300. The first-order valence-corrected chi connectivity index (χ1v) is 10.6. The zero-order chi connectivity index (χ0) is 20.7. The van der Waals surface area contributed by atoms with Gasteiger partial charge in [-0.05, 0) is 62.7 Å². The SMILES string of the molecule is CCNC(=O)c1cccc(NC(=O)c2ccc(S(=O)(=O)NC(C)CC)cc2)c1. The maximum absolute atomic E-state index is 12.4. The molecule has 2 aromatic rings. The van der Waals surface area contributed by atoms with E-state index in [1.54, 1.807) is 31.2 Å². The third-order valence-electron chi connectivity index (χ3n) is 4.12. The second-order valence-electron chi connectivity index (χ2n) is 6.35. The van der Waals surface area contributed by atoms with Gasteiger partial charge in [0.15, 0.2) is 0 Å². The Morgan fingerprint density at radius 3 is 2.25 bits per heavy atom. The van der Waals surface area contributed by atoms with Crippen molar-refractivity contribution in [2.75, 3.05) is 11.9 Å². The highest BCUT2D eigenvalue weighted by molar-refractivity contribution is 7.89. The van der Waals surface area contributed by atoms with Gasteiger partial charge in [0.2, 0.25) is 10.0 Å². The Morgan fingerprint density at radius 2 is 1.64 bits per heavy atom. The van der Waals surface area contributed by atoms with Gasteiger partial charge in [-0.1, -0.05) is 13.0 Å². The van der Waals surface area contributed by atoms with Crippen molar-refractivity contribution in [3.05, 3.63) is 59.7 Å². The van der Waals surface area contributed by atoms with Crippen LogP contribution in [-0.2, 0) is 10.0 Å². The van der Waals surface area contributed by atoms with E-state index in [1.807, 2.05) is 13.8 Å². The minimum atomic E-state index is -3.62. The van der Waals surface area contributed by atoms with Crippen LogP contribution in [0.1, 0.15) is 47.9 Å². The lowest BCUT2D eigenvalue weighted by Gasteiger charge is -2.12. The number of hydrogen-bond acceptors (Lipinski definition) is 4. The summed E-state index contributed by atoms with van der Waals surface area (Å²) < 4.78 is 27.1. The minimum Gasteiger partial charge on any atom is -0.352 e. The van der Waals surface area contributed by atoms with E-state index in [4.69, 9.17) is 0 Å². The van der Waals surface area contributed by atoms with Crippen LogP contribution in [0.15, 0.2) is 53.4 Å². The number of anilines is 1. The lowest BCUT2D eigenvalue weighted by atomic mass is 10.1. The Hall–Kier alpha value is -2.71. The van der Waals surface area contributed by atoms with Gasteiger partial charge >= 0.3 is 0 Å². The van der Waals surface area contributed by atoms with Crippen LogP contribution in [0, 0.1) is 0 Å². The van der Waals surface area contributed by atoms with Crippen molar-refractivity contribution in [3.63, 3.8) is 0 Å². The molecule has 0 radical (unpaired) electrons. The molecule has 0 fully saturated rings. The maximum atomic E-state index is 12.4. The van der Waals surface area contributed by atoms with Crippen LogP contribution in [-0.4, -0.2) is 32.8 Å². The summed E-state index contributed by atoms with van der Waals surface area (Å²) in [5, 5.41) is 5.41. The zero-order valence-corrected chi connectivity index (χ0v) is 17.0. The average Bonchev–Trinajstić information content (AvgIpc) is 2.68. The smallest absolute Gasteiger partial charge is 0.255 e. The van der Waals surface area contributed by atoms with Crippen molar-refractivity contribution in [1.29, 1.82) is 0 Å². The van der Waals surface area contributed by atoms with Crippen molar-refractivity contribution in [2.24, 2.45) is 0 Å². The van der Waals surface area contributed by atoms with Gasteiger partial charge in [-0.2, -0.15) is 0 Å². The highest BCUT2D eigenvalue weighted by Crippen LogP contribution is 2.15. The minimum absolute atomic E-state index is 0.0996. The van der Waals surface area contributed by atoms with Gasteiger partial charge in [-0.15, -0.1) is 0 Å². The van der Waals surface area contributed by atoms with E-state index >= 15 is 0 Å². The first kappa shape index (κ1) is 21.6. The largest absolute Gasteiger partial charge is 0.352 e. The third-order valence-corrected chi connectivity index (χ3v) is 5.72. The molecule has 7 nitrogen and oxygen atoms in total. The lowest BCUT2D eigenvalue weighted by molar-refractivity contribution is 0.0954. The van der Waals surface area contributed by atoms with Crippen molar-refractivity contribution >= 4 is 27.5 Å². The summed E-state index contributed by atoms with van der Waals surface area (Å²) in [6, 6.07) is 12.1. The Kier molecular flexibility index (Phi) is 7.31. The van der Waals surface area contributed by atoms with Crippen molar-refractivity contribution in [1.82, 2.24) is 10.0 Å². The predicted molar refractivity (Wildman–Crippen MR) is 109 cm³/mol. The molecule has 0 spiro atoms. The number of hydrogen-bond donors (Lipinski definition) is 3. The molecule has 0 saturated heterocycles. The van der Waals surface area contributed by atoms with E-state index in [1.165, 1.54) is 24.3 Å². The molecule has 0 bridgehead atoms. The molecule has 0 aliphatic carbocycles. The second-order valence-corrected chi connectivity index (χ2v) is 8.06. The van der Waals surface area contributed by atoms with E-state index < -0.39 is 15.9 Å². The Labute approximate surface area is 165 Å². The molecule has 3 N–H and O–H groups in total. The van der Waals surface area contributed by atoms with E-state index in [2.05, 4.69) is 15.4 Å². The number of benzene rings is 2. The van der Waals surface area contributed by atoms with Gasteiger partial charge in [-0.25, -0.2) is 13.1 Å². The van der Waals surface area contributed by atoms with Crippen LogP contribution in [0.5, 0.6) is 0 Å². The highest BCUT2D eigenvalue weighted by atomic mass is 32.2. The summed E-state index contributed by atoms with van der Waals surface area (Å²) in [5.41, 5.74) is 1.23. The van der Waals surface area contributed by atoms with Gasteiger partial charge in [0, 0.05) is 29.4 Å². The molecule has 0 aliphatic heterocycles. The first-order chi connectivity index (χ1) is 13.3. The number of carbonyl (C=O) groups is 2. The molecule has 8 heteroatoms. The van der Waals surface area contributed by atoms with Crippen molar-refractivity contribution in [2.45, 2.75) is 38.1 Å². The summed E-state index contributed by atoms with van der Waals surface area (Å²) >= 11 is 0. The first-order valence-electron chi connectivity index (χ1n) is 9.08. The van der Waals surface area contributed by atoms with Gasteiger partial charge < -0.3 is 10.6 Å². The zero-order valence-electron chi connectivity index (χ0n) is 16.2. The van der Waals surface area contributed by atoms with E-state index in [9.17, 15) is 18.0 Å². The predicted octanol–water partition coefficient (Wildman–Crippen LogP) is 2.77. The number of sulfonamides is 1. The third kappa shape index (κ3) is 5.64. The molecule has 28 heavy (non-hydrogen) atoms. The molecule has 1 unspecified atom stereocenters. The number of rotatable bonds is 8. The molecule has 0 aromatic heterocycles. The van der Waals surface area contributed by atoms with Crippen molar-refractivity contribution in [3.8, 4) is 0 Å². The topological polar surface area (TPSA) is 104 Å². The van der Waals surface area contributed by atoms with E-state index in [0.29, 0.717) is 29.8 Å². The summed E-state index contributed by atoms with van der Waals surface area (Å²) in [5.74, 6) is -0.617. The van der Waals surface area contributed by atoms with Gasteiger partial charge in [0.25, 0.3) is 11.8 Å². The number of nitrogens with one attached hydrogen (secondary N) is 3. The van der Waals surface area contributed by atoms with Gasteiger partial charge in [0.1, 0.15) is 0 Å². The molecule has 0 aliphatic rings. The van der Waals surface area contributed by atoms with Crippen LogP contribution in [0.25, 0.3) is 0 Å². The number of carbonyl (C=O) groups excluding carboxylic acids is 2. The molecule has 1 atom stereocenters. The van der Waals surface area contributed by atoms with Crippen LogP contribution in [0.2, 0.25) is 0 Å². The number of amides is 2. The van der Waals surface area contributed by atoms with Crippen LogP contribution in [0.3, 0.4) is 0 Å².